The molecule has 0 bridgehead atoms. The van der Waals surface area contributed by atoms with Gasteiger partial charge < -0.3 is 10.6 Å². The quantitative estimate of drug-likeness (QED) is 0.863. The van der Waals surface area contributed by atoms with E-state index in [-0.39, 0.29) is 0 Å². The Hall–Kier alpha value is -1.02. The monoisotopic (exact) mass is 232 g/mol. The zero-order valence-corrected chi connectivity index (χ0v) is 10.9. The van der Waals surface area contributed by atoms with Gasteiger partial charge in [-0.15, -0.1) is 0 Å². The normalized spacial score (nSPS) is 17.1. The van der Waals surface area contributed by atoms with Gasteiger partial charge in [-0.3, -0.25) is 0 Å². The molecule has 2 heteroatoms. The smallest absolute Gasteiger partial charge is 0.0414 e. The van der Waals surface area contributed by atoms with Crippen molar-refractivity contribution >= 4 is 5.69 Å². The van der Waals surface area contributed by atoms with Gasteiger partial charge in [-0.1, -0.05) is 37.5 Å². The lowest BCUT2D eigenvalue weighted by molar-refractivity contribution is 0.417. The van der Waals surface area contributed by atoms with Crippen LogP contribution in [0, 0.1) is 0 Å². The zero-order chi connectivity index (χ0) is 12.1. The Morgan fingerprint density at radius 1 is 1.18 bits per heavy atom. The second-order valence-corrected chi connectivity index (χ2v) is 4.91. The zero-order valence-electron chi connectivity index (χ0n) is 10.9. The third-order valence-corrected chi connectivity index (χ3v) is 3.88. The number of nitrogens with two attached hydrogens (primary N) is 1. The molecule has 0 atom stereocenters. The van der Waals surface area contributed by atoms with E-state index in [1.807, 2.05) is 0 Å². The van der Waals surface area contributed by atoms with Crippen LogP contribution in [0.4, 0.5) is 5.69 Å². The summed E-state index contributed by atoms with van der Waals surface area (Å²) in [6.45, 7) is 3.98. The van der Waals surface area contributed by atoms with Crippen LogP contribution in [0.5, 0.6) is 0 Å². The van der Waals surface area contributed by atoms with Crippen LogP contribution >= 0.6 is 0 Å². The third kappa shape index (κ3) is 2.81. The van der Waals surface area contributed by atoms with Crippen molar-refractivity contribution in [1.29, 1.82) is 0 Å². The lowest BCUT2D eigenvalue weighted by atomic mass is 9.93. The molecule has 0 amide bonds. The van der Waals surface area contributed by atoms with Crippen molar-refractivity contribution < 1.29 is 0 Å². The van der Waals surface area contributed by atoms with Gasteiger partial charge in [0.05, 0.1) is 0 Å². The maximum Gasteiger partial charge on any atom is 0.0414 e. The molecule has 0 aliphatic heterocycles. The van der Waals surface area contributed by atoms with E-state index in [1.54, 1.807) is 0 Å². The Kier molecular flexibility index (Phi) is 4.43. The van der Waals surface area contributed by atoms with Crippen molar-refractivity contribution in [2.75, 3.05) is 11.4 Å². The third-order valence-electron chi connectivity index (χ3n) is 3.88. The Balaban J connectivity index is 2.21. The number of rotatable bonds is 4. The number of para-hydroxylation sites is 1. The van der Waals surface area contributed by atoms with Gasteiger partial charge in [0.15, 0.2) is 0 Å². The number of hydrogen-bond donors (Lipinski definition) is 1. The topological polar surface area (TPSA) is 29.3 Å². The van der Waals surface area contributed by atoms with Crippen LogP contribution < -0.4 is 10.6 Å². The highest BCUT2D eigenvalue weighted by Crippen LogP contribution is 2.29. The summed E-state index contributed by atoms with van der Waals surface area (Å²) in [5.74, 6) is 0. The van der Waals surface area contributed by atoms with E-state index in [0.29, 0.717) is 6.54 Å². The molecule has 0 heterocycles. The lowest BCUT2D eigenvalue weighted by Gasteiger charge is -2.36. The number of benzene rings is 1. The summed E-state index contributed by atoms with van der Waals surface area (Å²) < 4.78 is 0. The Morgan fingerprint density at radius 3 is 2.53 bits per heavy atom. The molecule has 94 valence electrons. The number of nitrogens with zero attached hydrogens (tertiary/aromatic N) is 1. The van der Waals surface area contributed by atoms with E-state index in [9.17, 15) is 0 Å². The fraction of sp³-hybridized carbons (Fsp3) is 0.600. The van der Waals surface area contributed by atoms with Crippen molar-refractivity contribution in [2.45, 2.75) is 51.6 Å². The minimum atomic E-state index is 0.638. The fourth-order valence-corrected chi connectivity index (χ4v) is 2.98. The molecule has 1 aliphatic carbocycles. The predicted octanol–water partition coefficient (Wildman–Crippen LogP) is 3.30. The molecule has 2 nitrogen and oxygen atoms in total. The molecule has 2 N–H and O–H groups in total. The maximum atomic E-state index is 5.85. The predicted molar refractivity (Wildman–Crippen MR) is 74.2 cm³/mol. The molecule has 1 fully saturated rings. The van der Waals surface area contributed by atoms with Crippen LogP contribution in [0.3, 0.4) is 0 Å². The Labute approximate surface area is 105 Å². The first-order valence-electron chi connectivity index (χ1n) is 6.91. The van der Waals surface area contributed by atoms with Gasteiger partial charge in [0.25, 0.3) is 0 Å². The van der Waals surface area contributed by atoms with E-state index in [0.717, 1.165) is 12.6 Å². The summed E-state index contributed by atoms with van der Waals surface area (Å²) in [7, 11) is 0. The van der Waals surface area contributed by atoms with Crippen LogP contribution in [-0.2, 0) is 6.54 Å². The summed E-state index contributed by atoms with van der Waals surface area (Å²) in [5, 5.41) is 0. The van der Waals surface area contributed by atoms with E-state index in [2.05, 4.69) is 36.1 Å². The van der Waals surface area contributed by atoms with Gasteiger partial charge in [0, 0.05) is 24.8 Å². The van der Waals surface area contributed by atoms with E-state index in [1.165, 1.54) is 43.4 Å². The van der Waals surface area contributed by atoms with Crippen LogP contribution in [0.2, 0.25) is 0 Å². The van der Waals surface area contributed by atoms with Crippen molar-refractivity contribution in [3.63, 3.8) is 0 Å². The molecule has 1 aliphatic rings. The molecule has 0 radical (unpaired) electrons. The average molecular weight is 232 g/mol. The fourth-order valence-electron chi connectivity index (χ4n) is 2.98. The second-order valence-electron chi connectivity index (χ2n) is 4.91. The average Bonchev–Trinajstić information content (AvgIpc) is 2.41. The van der Waals surface area contributed by atoms with E-state index in [4.69, 9.17) is 5.73 Å². The SMILES string of the molecule is CCN(c1ccccc1CN)C1CCCCC1. The van der Waals surface area contributed by atoms with Gasteiger partial charge in [0.1, 0.15) is 0 Å². The van der Waals surface area contributed by atoms with Crippen molar-refractivity contribution in [1.82, 2.24) is 0 Å². The van der Waals surface area contributed by atoms with E-state index < -0.39 is 0 Å². The van der Waals surface area contributed by atoms with E-state index >= 15 is 0 Å². The van der Waals surface area contributed by atoms with Crippen LogP contribution in [0.25, 0.3) is 0 Å². The number of anilines is 1. The maximum absolute atomic E-state index is 5.85. The highest BCUT2D eigenvalue weighted by atomic mass is 15.2. The molecule has 0 aromatic heterocycles. The van der Waals surface area contributed by atoms with Gasteiger partial charge in [-0.25, -0.2) is 0 Å². The van der Waals surface area contributed by atoms with Crippen molar-refractivity contribution in [3.05, 3.63) is 29.8 Å². The summed E-state index contributed by atoms with van der Waals surface area (Å²) in [5.41, 5.74) is 8.48. The minimum Gasteiger partial charge on any atom is -0.369 e. The molecule has 1 saturated carbocycles. The molecular weight excluding hydrogens is 208 g/mol. The van der Waals surface area contributed by atoms with Crippen LogP contribution in [-0.4, -0.2) is 12.6 Å². The molecule has 1 aromatic carbocycles. The first-order valence-corrected chi connectivity index (χ1v) is 6.91. The summed E-state index contributed by atoms with van der Waals surface area (Å²) >= 11 is 0. The highest BCUT2D eigenvalue weighted by Gasteiger charge is 2.21. The largest absolute Gasteiger partial charge is 0.369 e. The molecule has 2 rings (SSSR count). The molecule has 1 aromatic rings. The van der Waals surface area contributed by atoms with Gasteiger partial charge in [-0.05, 0) is 31.4 Å². The summed E-state index contributed by atoms with van der Waals surface area (Å²) in [6.07, 6.45) is 6.85. The molecule has 0 saturated heterocycles. The molecule has 17 heavy (non-hydrogen) atoms. The first kappa shape index (κ1) is 12.4. The van der Waals surface area contributed by atoms with Gasteiger partial charge >= 0.3 is 0 Å². The standard InChI is InChI=1S/C15H24N2/c1-2-17(14-9-4-3-5-10-14)15-11-7-6-8-13(15)12-16/h6-8,11,14H,2-5,9-10,12,16H2,1H3. The molecule has 0 spiro atoms. The van der Waals surface area contributed by atoms with Crippen LogP contribution in [0.1, 0.15) is 44.6 Å². The van der Waals surface area contributed by atoms with Gasteiger partial charge in [0.2, 0.25) is 0 Å². The molecule has 0 unspecified atom stereocenters. The highest BCUT2D eigenvalue weighted by molar-refractivity contribution is 5.54. The summed E-state index contributed by atoms with van der Waals surface area (Å²) in [6, 6.07) is 9.31. The van der Waals surface area contributed by atoms with Crippen molar-refractivity contribution in [2.24, 2.45) is 5.73 Å². The minimum absolute atomic E-state index is 0.638. The lowest BCUT2D eigenvalue weighted by Crippen LogP contribution is -2.37. The number of hydrogen-bond acceptors (Lipinski definition) is 2. The van der Waals surface area contributed by atoms with Crippen molar-refractivity contribution in [3.8, 4) is 0 Å². The van der Waals surface area contributed by atoms with Gasteiger partial charge in [-0.2, -0.15) is 0 Å². The molecular formula is C15H24N2. The summed E-state index contributed by atoms with van der Waals surface area (Å²) in [4.78, 5) is 2.56. The second kappa shape index (κ2) is 6.06. The Morgan fingerprint density at radius 2 is 1.88 bits per heavy atom. The Bertz CT molecular complexity index is 343. The first-order chi connectivity index (χ1) is 8.36. The van der Waals surface area contributed by atoms with Crippen LogP contribution in [0.15, 0.2) is 24.3 Å².